The van der Waals surface area contributed by atoms with E-state index in [2.05, 4.69) is 23.9 Å². The number of hydrogen-bond acceptors (Lipinski definition) is 2. The summed E-state index contributed by atoms with van der Waals surface area (Å²) < 4.78 is 5.62. The lowest BCUT2D eigenvalue weighted by molar-refractivity contribution is -0.139. The lowest BCUT2D eigenvalue weighted by Crippen LogP contribution is -2.03. The number of esters is 1. The predicted molar refractivity (Wildman–Crippen MR) is 88.4 cm³/mol. The van der Waals surface area contributed by atoms with E-state index >= 15 is 0 Å². The summed E-state index contributed by atoms with van der Waals surface area (Å²) in [6.07, 6.45) is 1.52. The quantitative estimate of drug-likeness (QED) is 0.582. The lowest BCUT2D eigenvalue weighted by atomic mass is 9.94. The maximum Gasteiger partial charge on any atom is 0.335 e. The van der Waals surface area contributed by atoms with Crippen LogP contribution in [0.15, 0.2) is 71.0 Å². The van der Waals surface area contributed by atoms with Crippen molar-refractivity contribution >= 4 is 16.7 Å². The van der Waals surface area contributed by atoms with Crippen LogP contribution < -0.4 is 0 Å². The van der Waals surface area contributed by atoms with Gasteiger partial charge in [0.05, 0.1) is 0 Å². The number of carbonyl (C=O) groups is 1. The molecule has 0 radical (unpaired) electrons. The maximum absolute atomic E-state index is 12.0. The number of ether oxygens (including phenoxy) is 1. The van der Waals surface area contributed by atoms with Crippen molar-refractivity contribution in [2.75, 3.05) is 0 Å². The summed E-state index contributed by atoms with van der Waals surface area (Å²) >= 11 is 0. The Morgan fingerprint density at radius 1 is 1.14 bits per heavy atom. The molecule has 1 aliphatic rings. The van der Waals surface area contributed by atoms with Crippen LogP contribution in [0.5, 0.6) is 0 Å². The van der Waals surface area contributed by atoms with E-state index in [0.29, 0.717) is 5.57 Å². The van der Waals surface area contributed by atoms with E-state index in [4.69, 9.17) is 4.74 Å². The fourth-order valence-electron chi connectivity index (χ4n) is 2.69. The molecule has 0 fully saturated rings. The second-order valence-electron chi connectivity index (χ2n) is 5.72. The molecule has 0 spiro atoms. The Labute approximate surface area is 130 Å². The minimum absolute atomic E-state index is 0.250. The molecule has 2 nitrogen and oxygen atoms in total. The Hall–Kier alpha value is -2.57. The third-order valence-corrected chi connectivity index (χ3v) is 3.87. The van der Waals surface area contributed by atoms with Gasteiger partial charge in [0.1, 0.15) is 0 Å². The topological polar surface area (TPSA) is 26.3 Å². The van der Waals surface area contributed by atoms with Crippen molar-refractivity contribution in [1.29, 1.82) is 0 Å². The van der Waals surface area contributed by atoms with Crippen LogP contribution in [0.3, 0.4) is 0 Å². The normalized spacial score (nSPS) is 17.4. The van der Waals surface area contributed by atoms with Crippen molar-refractivity contribution in [2.45, 2.75) is 26.9 Å². The van der Waals surface area contributed by atoms with Crippen LogP contribution in [-0.4, -0.2) is 5.97 Å². The molecule has 2 heteroatoms. The number of cyclic esters (lactones) is 1. The molecule has 1 heterocycles. The van der Waals surface area contributed by atoms with E-state index in [1.165, 1.54) is 0 Å². The summed E-state index contributed by atoms with van der Waals surface area (Å²) in [7, 11) is 0. The number of rotatable bonds is 2. The lowest BCUT2D eigenvalue weighted by Gasteiger charge is -2.15. The first-order valence-corrected chi connectivity index (χ1v) is 7.37. The largest absolute Gasteiger partial charge is 0.449 e. The average molecular weight is 290 g/mol. The van der Waals surface area contributed by atoms with Gasteiger partial charge in [-0.2, -0.15) is 0 Å². The highest BCUT2D eigenvalue weighted by Gasteiger charge is 2.32. The first-order valence-electron chi connectivity index (χ1n) is 7.37. The van der Waals surface area contributed by atoms with Gasteiger partial charge in [-0.05, 0) is 43.2 Å². The molecular formula is C20H18O2. The van der Waals surface area contributed by atoms with Gasteiger partial charge in [0.25, 0.3) is 0 Å². The van der Waals surface area contributed by atoms with Crippen molar-refractivity contribution in [2.24, 2.45) is 0 Å². The Bertz CT molecular complexity index is 840. The van der Waals surface area contributed by atoms with Gasteiger partial charge in [0.2, 0.25) is 0 Å². The third-order valence-electron chi connectivity index (χ3n) is 3.87. The van der Waals surface area contributed by atoms with Crippen LogP contribution in [0.25, 0.3) is 10.8 Å². The minimum atomic E-state index is -0.356. The molecule has 0 bridgehead atoms. The molecule has 0 N–H and O–H groups in total. The van der Waals surface area contributed by atoms with Crippen molar-refractivity contribution in [3.8, 4) is 0 Å². The number of hydrogen-bond donors (Lipinski definition) is 0. The van der Waals surface area contributed by atoms with Gasteiger partial charge in [-0.1, -0.05) is 42.5 Å². The fourth-order valence-corrected chi connectivity index (χ4v) is 2.69. The molecule has 0 aliphatic carbocycles. The van der Waals surface area contributed by atoms with Crippen LogP contribution in [0.1, 0.15) is 32.4 Å². The van der Waals surface area contributed by atoms with Crippen LogP contribution in [0.4, 0.5) is 0 Å². The van der Waals surface area contributed by atoms with Gasteiger partial charge in [-0.25, -0.2) is 4.79 Å². The second-order valence-corrected chi connectivity index (χ2v) is 5.72. The summed E-state index contributed by atoms with van der Waals surface area (Å²) in [5.41, 5.74) is 6.82. The van der Waals surface area contributed by atoms with E-state index in [-0.39, 0.29) is 12.1 Å². The predicted octanol–water partition coefficient (Wildman–Crippen LogP) is 4.88. The molecule has 0 saturated carbocycles. The molecule has 110 valence electrons. The molecule has 3 rings (SSSR count). The smallest absolute Gasteiger partial charge is 0.335 e. The van der Waals surface area contributed by atoms with Gasteiger partial charge >= 0.3 is 5.97 Å². The summed E-state index contributed by atoms with van der Waals surface area (Å²) in [6.45, 7) is 5.78. The highest BCUT2D eigenvalue weighted by atomic mass is 16.5. The molecule has 2 aromatic carbocycles. The molecule has 1 unspecified atom stereocenters. The molecule has 2 aromatic rings. The molecule has 0 saturated heterocycles. The minimum Gasteiger partial charge on any atom is -0.449 e. The zero-order chi connectivity index (χ0) is 15.7. The average Bonchev–Trinajstić information content (AvgIpc) is 2.80. The van der Waals surface area contributed by atoms with Crippen LogP contribution in [0, 0.1) is 0 Å². The van der Waals surface area contributed by atoms with Gasteiger partial charge in [0, 0.05) is 16.7 Å². The van der Waals surface area contributed by atoms with Gasteiger partial charge < -0.3 is 4.74 Å². The Balaban J connectivity index is 2.18. The van der Waals surface area contributed by atoms with E-state index in [1.807, 2.05) is 51.1 Å². The molecule has 0 amide bonds. The number of benzene rings is 2. The SMILES string of the molecule is CC(C)=C=CC1=C(C)C(=O)OC1c1cccc2ccccc12. The summed E-state index contributed by atoms with van der Waals surface area (Å²) in [5.74, 6) is -0.250. The Kier molecular flexibility index (Phi) is 3.70. The van der Waals surface area contributed by atoms with E-state index in [9.17, 15) is 4.79 Å². The summed E-state index contributed by atoms with van der Waals surface area (Å²) in [5, 5.41) is 2.26. The van der Waals surface area contributed by atoms with Crippen molar-refractivity contribution in [3.05, 3.63) is 76.6 Å². The van der Waals surface area contributed by atoms with Crippen LogP contribution >= 0.6 is 0 Å². The van der Waals surface area contributed by atoms with E-state index in [1.54, 1.807) is 0 Å². The van der Waals surface area contributed by atoms with Crippen LogP contribution in [-0.2, 0) is 9.53 Å². The standard InChI is InChI=1S/C20H18O2/c1-13(2)11-12-16-14(3)20(21)22-19(16)18-10-6-8-15-7-4-5-9-17(15)18/h4-10,12,19H,1-3H3. The Morgan fingerprint density at radius 2 is 1.86 bits per heavy atom. The van der Waals surface area contributed by atoms with Crippen molar-refractivity contribution in [1.82, 2.24) is 0 Å². The molecule has 1 aliphatic heterocycles. The maximum atomic E-state index is 12.0. The second kappa shape index (κ2) is 5.67. The summed E-state index contributed by atoms with van der Waals surface area (Å²) in [4.78, 5) is 12.0. The van der Waals surface area contributed by atoms with Crippen LogP contribution in [0.2, 0.25) is 0 Å². The molecule has 22 heavy (non-hydrogen) atoms. The number of fused-ring (bicyclic) bond motifs is 1. The highest BCUT2D eigenvalue weighted by molar-refractivity contribution is 5.94. The zero-order valence-electron chi connectivity index (χ0n) is 13.0. The van der Waals surface area contributed by atoms with E-state index < -0.39 is 0 Å². The van der Waals surface area contributed by atoms with Gasteiger partial charge in [-0.3, -0.25) is 0 Å². The first-order chi connectivity index (χ1) is 10.6. The summed E-state index contributed by atoms with van der Waals surface area (Å²) in [6, 6.07) is 14.2. The zero-order valence-corrected chi connectivity index (χ0v) is 13.0. The van der Waals surface area contributed by atoms with Crippen molar-refractivity contribution < 1.29 is 9.53 Å². The first kappa shape index (κ1) is 14.4. The molecular weight excluding hydrogens is 272 g/mol. The molecule has 1 atom stereocenters. The molecule has 0 aromatic heterocycles. The fraction of sp³-hybridized carbons (Fsp3) is 0.200. The van der Waals surface area contributed by atoms with Gasteiger partial charge in [-0.15, -0.1) is 5.73 Å². The third kappa shape index (κ3) is 2.49. The van der Waals surface area contributed by atoms with E-state index in [0.717, 1.165) is 27.5 Å². The van der Waals surface area contributed by atoms with Crippen molar-refractivity contribution in [3.63, 3.8) is 0 Å². The highest BCUT2D eigenvalue weighted by Crippen LogP contribution is 2.38. The van der Waals surface area contributed by atoms with Gasteiger partial charge in [0.15, 0.2) is 6.10 Å². The number of carbonyl (C=O) groups excluding carboxylic acids is 1. The monoisotopic (exact) mass is 290 g/mol. The Morgan fingerprint density at radius 3 is 2.64 bits per heavy atom.